The number of piperidine rings is 1. The predicted octanol–water partition coefficient (Wildman–Crippen LogP) is 1.77. The number of nitrogens with zero attached hydrogens (tertiary/aromatic N) is 1. The summed E-state index contributed by atoms with van der Waals surface area (Å²) in [5.41, 5.74) is 0.575. The second-order valence-electron chi connectivity index (χ2n) is 5.04. The van der Waals surface area contributed by atoms with E-state index in [2.05, 4.69) is 5.32 Å². The molecule has 2 aliphatic heterocycles. The number of carbonyl (C=O) groups excluding carboxylic acids is 1. The van der Waals surface area contributed by atoms with Gasteiger partial charge in [0.1, 0.15) is 12.4 Å². The van der Waals surface area contributed by atoms with Crippen molar-refractivity contribution < 1.29 is 14.3 Å². The van der Waals surface area contributed by atoms with Crippen molar-refractivity contribution in [3.63, 3.8) is 0 Å². The average molecular weight is 262 g/mol. The van der Waals surface area contributed by atoms with Gasteiger partial charge >= 0.3 is 6.09 Å². The molecule has 2 saturated heterocycles. The Bertz CT molecular complexity index is 483. The highest BCUT2D eigenvalue weighted by Gasteiger charge is 2.49. The Morgan fingerprint density at radius 1 is 1.32 bits per heavy atom. The van der Waals surface area contributed by atoms with E-state index < -0.39 is 0 Å². The minimum absolute atomic E-state index is 0.225. The molecule has 1 spiro atoms. The molecule has 1 aromatic carbocycles. The van der Waals surface area contributed by atoms with Gasteiger partial charge in [-0.2, -0.15) is 0 Å². The van der Waals surface area contributed by atoms with Crippen LogP contribution in [0.5, 0.6) is 5.75 Å². The molecule has 19 heavy (non-hydrogen) atoms. The summed E-state index contributed by atoms with van der Waals surface area (Å²) in [6.45, 7) is 2.27. The maximum Gasteiger partial charge on any atom is 0.415 e. The molecular weight excluding hydrogens is 244 g/mol. The van der Waals surface area contributed by atoms with Crippen molar-refractivity contribution >= 4 is 11.8 Å². The zero-order valence-electron chi connectivity index (χ0n) is 11.0. The number of benzene rings is 1. The highest BCUT2D eigenvalue weighted by atomic mass is 16.6. The van der Waals surface area contributed by atoms with Gasteiger partial charge in [-0.15, -0.1) is 0 Å². The third-order valence-electron chi connectivity index (χ3n) is 3.98. The van der Waals surface area contributed by atoms with E-state index in [0.29, 0.717) is 12.4 Å². The first kappa shape index (κ1) is 12.3. The molecule has 102 valence electrons. The maximum atomic E-state index is 12.1. The quantitative estimate of drug-likeness (QED) is 0.882. The van der Waals surface area contributed by atoms with E-state index in [9.17, 15) is 4.79 Å². The Hall–Kier alpha value is -1.75. The van der Waals surface area contributed by atoms with E-state index in [1.807, 2.05) is 24.3 Å². The first-order valence-electron chi connectivity index (χ1n) is 6.58. The van der Waals surface area contributed by atoms with Crippen molar-refractivity contribution in [3.05, 3.63) is 24.3 Å². The molecule has 2 fully saturated rings. The van der Waals surface area contributed by atoms with Crippen LogP contribution in [-0.2, 0) is 4.74 Å². The zero-order chi connectivity index (χ0) is 13.3. The number of methoxy groups -OCH3 is 1. The van der Waals surface area contributed by atoms with Crippen LogP contribution in [-0.4, -0.2) is 38.4 Å². The lowest BCUT2D eigenvalue weighted by Crippen LogP contribution is -2.54. The van der Waals surface area contributed by atoms with Crippen LogP contribution in [0.4, 0.5) is 10.5 Å². The Labute approximate surface area is 112 Å². The number of amides is 1. The molecule has 0 aromatic heterocycles. The van der Waals surface area contributed by atoms with Crippen molar-refractivity contribution in [2.24, 2.45) is 0 Å². The summed E-state index contributed by atoms with van der Waals surface area (Å²) in [6.07, 6.45) is 1.53. The van der Waals surface area contributed by atoms with Gasteiger partial charge < -0.3 is 14.8 Å². The van der Waals surface area contributed by atoms with E-state index in [1.54, 1.807) is 12.0 Å². The van der Waals surface area contributed by atoms with E-state index >= 15 is 0 Å². The fourth-order valence-corrected chi connectivity index (χ4v) is 2.95. The first-order valence-corrected chi connectivity index (χ1v) is 6.58. The van der Waals surface area contributed by atoms with Crippen LogP contribution in [0.2, 0.25) is 0 Å². The molecule has 0 bridgehead atoms. The highest BCUT2D eigenvalue weighted by Crippen LogP contribution is 2.40. The van der Waals surface area contributed by atoms with Crippen LogP contribution < -0.4 is 15.0 Å². The molecule has 0 saturated carbocycles. The van der Waals surface area contributed by atoms with Gasteiger partial charge in [-0.05, 0) is 38.1 Å². The SMILES string of the molecule is COc1ccccc1N1C(=O)OCC12CCNCC2. The first-order chi connectivity index (χ1) is 9.27. The lowest BCUT2D eigenvalue weighted by molar-refractivity contribution is 0.167. The minimum Gasteiger partial charge on any atom is -0.495 e. The fourth-order valence-electron chi connectivity index (χ4n) is 2.95. The van der Waals surface area contributed by atoms with Gasteiger partial charge in [0.2, 0.25) is 0 Å². The van der Waals surface area contributed by atoms with Crippen molar-refractivity contribution in [1.29, 1.82) is 0 Å². The van der Waals surface area contributed by atoms with Crippen molar-refractivity contribution in [2.75, 3.05) is 31.7 Å². The lowest BCUT2D eigenvalue weighted by Gasteiger charge is -2.39. The van der Waals surface area contributed by atoms with Crippen LogP contribution in [0.25, 0.3) is 0 Å². The van der Waals surface area contributed by atoms with Crippen LogP contribution in [0.15, 0.2) is 24.3 Å². The molecule has 3 rings (SSSR count). The van der Waals surface area contributed by atoms with Crippen LogP contribution >= 0.6 is 0 Å². The van der Waals surface area contributed by atoms with Crippen molar-refractivity contribution in [2.45, 2.75) is 18.4 Å². The number of anilines is 1. The number of para-hydroxylation sites is 2. The summed E-state index contributed by atoms with van der Waals surface area (Å²) in [5.74, 6) is 0.708. The van der Waals surface area contributed by atoms with Gasteiger partial charge in [0.15, 0.2) is 0 Å². The number of hydrogen-bond acceptors (Lipinski definition) is 4. The topological polar surface area (TPSA) is 50.8 Å². The Kier molecular flexibility index (Phi) is 3.06. The van der Waals surface area contributed by atoms with Gasteiger partial charge in [-0.25, -0.2) is 4.79 Å². The van der Waals surface area contributed by atoms with E-state index in [-0.39, 0.29) is 11.6 Å². The molecule has 1 aromatic rings. The fraction of sp³-hybridized carbons (Fsp3) is 0.500. The summed E-state index contributed by atoms with van der Waals surface area (Å²) in [6, 6.07) is 7.60. The highest BCUT2D eigenvalue weighted by molar-refractivity contribution is 5.93. The third kappa shape index (κ3) is 1.94. The number of rotatable bonds is 2. The Morgan fingerprint density at radius 2 is 2.05 bits per heavy atom. The number of hydrogen-bond donors (Lipinski definition) is 1. The number of carbonyl (C=O) groups is 1. The molecule has 2 aliphatic rings. The van der Waals surface area contributed by atoms with E-state index in [4.69, 9.17) is 9.47 Å². The lowest BCUT2D eigenvalue weighted by atomic mass is 9.87. The van der Waals surface area contributed by atoms with E-state index in [1.165, 1.54) is 0 Å². The monoisotopic (exact) mass is 262 g/mol. The average Bonchev–Trinajstić information content (AvgIpc) is 2.76. The number of cyclic esters (lactones) is 1. The molecule has 5 heteroatoms. The van der Waals surface area contributed by atoms with Crippen LogP contribution in [0.1, 0.15) is 12.8 Å². The summed E-state index contributed by atoms with van der Waals surface area (Å²) >= 11 is 0. The molecule has 1 N–H and O–H groups in total. The molecule has 0 atom stereocenters. The normalized spacial score (nSPS) is 21.5. The standard InChI is InChI=1S/C14H18N2O3/c1-18-12-5-3-2-4-11(12)16-13(17)19-10-14(16)6-8-15-9-7-14/h2-5,15H,6-10H2,1H3. The summed E-state index contributed by atoms with van der Waals surface area (Å²) < 4.78 is 10.7. The molecule has 1 amide bonds. The molecular formula is C14H18N2O3. The molecule has 0 radical (unpaired) electrons. The number of ether oxygens (including phenoxy) is 2. The maximum absolute atomic E-state index is 12.1. The second kappa shape index (κ2) is 4.74. The van der Waals surface area contributed by atoms with Crippen LogP contribution in [0, 0.1) is 0 Å². The van der Waals surface area contributed by atoms with Gasteiger partial charge in [0.05, 0.1) is 18.3 Å². The molecule has 5 nitrogen and oxygen atoms in total. The second-order valence-corrected chi connectivity index (χ2v) is 5.04. The molecule has 0 aliphatic carbocycles. The largest absolute Gasteiger partial charge is 0.495 e. The summed E-state index contributed by atoms with van der Waals surface area (Å²) in [5, 5.41) is 3.33. The van der Waals surface area contributed by atoms with Crippen LogP contribution in [0.3, 0.4) is 0 Å². The smallest absolute Gasteiger partial charge is 0.415 e. The minimum atomic E-state index is -0.272. The van der Waals surface area contributed by atoms with Gasteiger partial charge in [0.25, 0.3) is 0 Å². The summed E-state index contributed by atoms with van der Waals surface area (Å²) in [4.78, 5) is 13.9. The van der Waals surface area contributed by atoms with Crippen molar-refractivity contribution in [3.8, 4) is 5.75 Å². The molecule has 0 unspecified atom stereocenters. The zero-order valence-corrected chi connectivity index (χ0v) is 11.0. The van der Waals surface area contributed by atoms with Gasteiger partial charge in [0, 0.05) is 0 Å². The summed E-state index contributed by atoms with van der Waals surface area (Å²) in [7, 11) is 1.62. The third-order valence-corrected chi connectivity index (χ3v) is 3.98. The predicted molar refractivity (Wildman–Crippen MR) is 71.7 cm³/mol. The van der Waals surface area contributed by atoms with Gasteiger partial charge in [-0.3, -0.25) is 4.90 Å². The molecule has 2 heterocycles. The van der Waals surface area contributed by atoms with Gasteiger partial charge in [-0.1, -0.05) is 12.1 Å². The van der Waals surface area contributed by atoms with E-state index in [0.717, 1.165) is 31.6 Å². The number of nitrogens with one attached hydrogen (secondary N) is 1. The Morgan fingerprint density at radius 3 is 2.79 bits per heavy atom. The van der Waals surface area contributed by atoms with Crippen molar-refractivity contribution in [1.82, 2.24) is 5.32 Å². The Balaban J connectivity index is 2.02.